The molecule has 226 valence electrons. The lowest BCUT2D eigenvalue weighted by Crippen LogP contribution is -2.31. The SMILES string of the molecule is Cc1ccc(S(=O)(=O)N(OC=O)c2ccc(Nc3cc(-c4ccc5c(ccn5CCN5CCCC5)c4)ncn3)cc2)c(F)c1. The molecule has 6 rings (SSSR count). The van der Waals surface area contributed by atoms with E-state index in [2.05, 4.69) is 55.2 Å². The molecule has 10 nitrogen and oxygen atoms in total. The van der Waals surface area contributed by atoms with Crippen molar-refractivity contribution in [3.63, 3.8) is 0 Å². The smallest absolute Gasteiger partial charge is 0.322 e. The van der Waals surface area contributed by atoms with Gasteiger partial charge in [0.25, 0.3) is 10.0 Å². The quantitative estimate of drug-likeness (QED) is 0.150. The van der Waals surface area contributed by atoms with Crippen LogP contribution >= 0.6 is 0 Å². The molecular formula is C32H31FN6O4S. The average Bonchev–Trinajstić information content (AvgIpc) is 3.69. The molecule has 12 heteroatoms. The summed E-state index contributed by atoms with van der Waals surface area (Å²) < 4.78 is 43.5. The minimum absolute atomic E-state index is 0.00618. The highest BCUT2D eigenvalue weighted by atomic mass is 32.2. The number of fused-ring (bicyclic) bond motifs is 1. The molecule has 0 radical (unpaired) electrons. The second-order valence-corrected chi connectivity index (χ2v) is 12.4. The Bertz CT molecular complexity index is 1910. The molecule has 3 aromatic carbocycles. The Hall–Kier alpha value is -4.81. The third-order valence-corrected chi connectivity index (χ3v) is 9.28. The van der Waals surface area contributed by atoms with Crippen LogP contribution in [0.25, 0.3) is 22.2 Å². The van der Waals surface area contributed by atoms with E-state index >= 15 is 0 Å². The van der Waals surface area contributed by atoms with E-state index in [1.807, 2.05) is 6.07 Å². The maximum atomic E-state index is 14.5. The van der Waals surface area contributed by atoms with Crippen molar-refractivity contribution < 1.29 is 22.4 Å². The number of halogens is 1. The van der Waals surface area contributed by atoms with Crippen molar-refractivity contribution in [2.24, 2.45) is 0 Å². The number of aryl methyl sites for hydroxylation is 1. The van der Waals surface area contributed by atoms with Crippen molar-refractivity contribution in [3.05, 3.63) is 96.7 Å². The summed E-state index contributed by atoms with van der Waals surface area (Å²) in [5.41, 5.74) is 4.02. The molecule has 3 heterocycles. The van der Waals surface area contributed by atoms with E-state index in [0.29, 0.717) is 21.5 Å². The molecule has 2 aromatic heterocycles. The van der Waals surface area contributed by atoms with Crippen LogP contribution in [0.4, 0.5) is 21.6 Å². The number of likely N-dealkylation sites (tertiary alicyclic amines) is 1. The van der Waals surface area contributed by atoms with Gasteiger partial charge in [0.1, 0.15) is 22.9 Å². The highest BCUT2D eigenvalue weighted by Crippen LogP contribution is 2.29. The van der Waals surface area contributed by atoms with E-state index in [0.717, 1.165) is 41.9 Å². The van der Waals surface area contributed by atoms with Crippen molar-refractivity contribution in [3.8, 4) is 11.3 Å². The highest BCUT2D eigenvalue weighted by Gasteiger charge is 2.30. The first kappa shape index (κ1) is 29.3. The van der Waals surface area contributed by atoms with Crippen molar-refractivity contribution in [1.82, 2.24) is 19.4 Å². The van der Waals surface area contributed by atoms with Crippen molar-refractivity contribution >= 4 is 44.6 Å². The summed E-state index contributed by atoms with van der Waals surface area (Å²) in [6.45, 7) is 5.98. The van der Waals surface area contributed by atoms with Gasteiger partial charge in [0.2, 0.25) is 0 Å². The van der Waals surface area contributed by atoms with Crippen LogP contribution in [0, 0.1) is 12.7 Å². The molecule has 1 aliphatic heterocycles. The second-order valence-electron chi connectivity index (χ2n) is 10.7. The topological polar surface area (TPSA) is 110 Å². The number of rotatable bonds is 11. The first-order valence-corrected chi connectivity index (χ1v) is 15.7. The molecule has 0 unspecified atom stereocenters. The normalized spacial score (nSPS) is 13.7. The third-order valence-electron chi connectivity index (χ3n) is 7.66. The molecule has 0 spiro atoms. The van der Waals surface area contributed by atoms with E-state index in [4.69, 9.17) is 4.84 Å². The number of benzene rings is 3. The van der Waals surface area contributed by atoms with Crippen LogP contribution in [0.15, 0.2) is 90.2 Å². The Morgan fingerprint density at radius 2 is 1.77 bits per heavy atom. The lowest BCUT2D eigenvalue weighted by Gasteiger charge is -2.21. The molecule has 5 aromatic rings. The van der Waals surface area contributed by atoms with Gasteiger partial charge in [-0.3, -0.25) is 4.79 Å². The van der Waals surface area contributed by atoms with Crippen LogP contribution in [0.2, 0.25) is 0 Å². The monoisotopic (exact) mass is 614 g/mol. The number of nitrogens with zero attached hydrogens (tertiary/aromatic N) is 5. The van der Waals surface area contributed by atoms with E-state index < -0.39 is 20.7 Å². The van der Waals surface area contributed by atoms with Gasteiger partial charge in [0, 0.05) is 47.5 Å². The van der Waals surface area contributed by atoms with Crippen molar-refractivity contribution in [2.45, 2.75) is 31.2 Å². The summed E-state index contributed by atoms with van der Waals surface area (Å²) in [6.07, 6.45) is 6.17. The Balaban J connectivity index is 1.18. The van der Waals surface area contributed by atoms with E-state index in [9.17, 15) is 17.6 Å². The summed E-state index contributed by atoms with van der Waals surface area (Å²) >= 11 is 0. The first-order valence-electron chi connectivity index (χ1n) is 14.2. The van der Waals surface area contributed by atoms with Crippen LogP contribution in [-0.4, -0.2) is 54.0 Å². The molecule has 1 saturated heterocycles. The average molecular weight is 615 g/mol. The number of anilines is 3. The van der Waals surface area contributed by atoms with Gasteiger partial charge in [0.05, 0.1) is 11.4 Å². The number of hydrogen-bond donors (Lipinski definition) is 1. The predicted octanol–water partition coefficient (Wildman–Crippen LogP) is 5.67. The molecule has 0 bridgehead atoms. The fourth-order valence-electron chi connectivity index (χ4n) is 5.41. The Morgan fingerprint density at radius 3 is 2.52 bits per heavy atom. The zero-order chi connectivity index (χ0) is 30.7. The lowest BCUT2D eigenvalue weighted by molar-refractivity contribution is -0.128. The lowest BCUT2D eigenvalue weighted by atomic mass is 10.1. The van der Waals surface area contributed by atoms with Crippen LogP contribution < -0.4 is 9.79 Å². The second kappa shape index (κ2) is 12.4. The number of carbonyl (C=O) groups is 1. The van der Waals surface area contributed by atoms with E-state index in [1.165, 1.54) is 56.0 Å². The van der Waals surface area contributed by atoms with Crippen molar-refractivity contribution in [2.75, 3.05) is 29.4 Å². The zero-order valence-corrected chi connectivity index (χ0v) is 24.9. The van der Waals surface area contributed by atoms with Gasteiger partial charge in [-0.1, -0.05) is 16.6 Å². The van der Waals surface area contributed by atoms with Gasteiger partial charge >= 0.3 is 6.47 Å². The van der Waals surface area contributed by atoms with Crippen LogP contribution in [0.1, 0.15) is 18.4 Å². The molecule has 44 heavy (non-hydrogen) atoms. The first-order chi connectivity index (χ1) is 21.3. The minimum atomic E-state index is -4.53. The maximum Gasteiger partial charge on any atom is 0.322 e. The maximum absolute atomic E-state index is 14.5. The third kappa shape index (κ3) is 6.12. The van der Waals surface area contributed by atoms with Gasteiger partial charge in [-0.15, -0.1) is 0 Å². The summed E-state index contributed by atoms with van der Waals surface area (Å²) in [6, 6.07) is 20.0. The highest BCUT2D eigenvalue weighted by molar-refractivity contribution is 7.92. The standard InChI is InChI=1S/C32H31FN6O4S/c1-23-4-11-31(28(33)18-23)44(41,42)39(43-22-40)27-8-6-26(7-9-27)36-32-20-29(34-21-35-32)24-5-10-30-25(19-24)12-15-38(30)17-16-37-13-2-3-14-37/h4-12,15,18-22H,2-3,13-14,16-17H2,1H3,(H,34,35,36). The fraction of sp³-hybridized carbons (Fsp3) is 0.219. The summed E-state index contributed by atoms with van der Waals surface area (Å²) in [5, 5.41) is 4.32. The van der Waals surface area contributed by atoms with Gasteiger partial charge in [-0.25, -0.2) is 14.4 Å². The number of carbonyl (C=O) groups excluding carboxylic acids is 1. The van der Waals surface area contributed by atoms with E-state index in [-0.39, 0.29) is 12.2 Å². The molecule has 0 saturated carbocycles. The van der Waals surface area contributed by atoms with Gasteiger partial charge in [0.15, 0.2) is 0 Å². The zero-order valence-electron chi connectivity index (χ0n) is 24.1. The Morgan fingerprint density at radius 1 is 0.977 bits per heavy atom. The molecule has 0 aliphatic carbocycles. The summed E-state index contributed by atoms with van der Waals surface area (Å²) in [5.74, 6) is -0.419. The molecule has 1 N–H and O–H groups in total. The number of sulfonamides is 1. The molecule has 1 fully saturated rings. The number of hydrogen-bond acceptors (Lipinski definition) is 8. The van der Waals surface area contributed by atoms with Gasteiger partial charge in [-0.05, 0) is 93.0 Å². The summed E-state index contributed by atoms with van der Waals surface area (Å²) in [7, 11) is -4.53. The molecule has 0 atom stereocenters. The predicted molar refractivity (Wildman–Crippen MR) is 166 cm³/mol. The van der Waals surface area contributed by atoms with Gasteiger partial charge in [-0.2, -0.15) is 8.42 Å². The minimum Gasteiger partial charge on any atom is -0.346 e. The van der Waals surface area contributed by atoms with Crippen molar-refractivity contribution in [1.29, 1.82) is 0 Å². The molecular weight excluding hydrogens is 583 g/mol. The molecule has 1 aliphatic rings. The Labute approximate surface area is 254 Å². The fourth-order valence-corrected chi connectivity index (χ4v) is 6.68. The number of aromatic nitrogens is 3. The van der Waals surface area contributed by atoms with Crippen LogP contribution in [-0.2, 0) is 26.2 Å². The Kier molecular flexibility index (Phi) is 8.27. The van der Waals surface area contributed by atoms with Gasteiger partial charge < -0.3 is 19.6 Å². The van der Waals surface area contributed by atoms with Crippen LogP contribution in [0.5, 0.6) is 0 Å². The van der Waals surface area contributed by atoms with Crippen LogP contribution in [0.3, 0.4) is 0 Å². The largest absolute Gasteiger partial charge is 0.346 e. The summed E-state index contributed by atoms with van der Waals surface area (Å²) in [4.78, 5) is 26.6. The molecule has 0 amide bonds. The number of nitrogens with one attached hydrogen (secondary N) is 1. The van der Waals surface area contributed by atoms with E-state index in [1.54, 1.807) is 19.1 Å².